The smallest absolute Gasteiger partial charge is 0.127 e. The molecule has 88 valence electrons. The van der Waals surface area contributed by atoms with Crippen LogP contribution in [0.3, 0.4) is 0 Å². The van der Waals surface area contributed by atoms with Crippen LogP contribution in [0.2, 0.25) is 0 Å². The van der Waals surface area contributed by atoms with Crippen molar-refractivity contribution in [1.82, 2.24) is 0 Å². The maximum absolute atomic E-state index is 8.88. The number of benzene rings is 2. The first-order valence-corrected chi connectivity index (χ1v) is 5.68. The molecule has 0 heterocycles. The Morgan fingerprint density at radius 2 is 1.94 bits per heavy atom. The Kier molecular flexibility index (Phi) is 3.78. The van der Waals surface area contributed by atoms with E-state index in [1.807, 2.05) is 43.3 Å². The third-order valence-corrected chi connectivity index (χ3v) is 2.67. The fourth-order valence-electron chi connectivity index (χ4n) is 1.66. The Labute approximate surface area is 101 Å². The third kappa shape index (κ3) is 2.86. The van der Waals surface area contributed by atoms with E-state index in [1.165, 1.54) is 5.39 Å². The van der Waals surface area contributed by atoms with Crippen LogP contribution in [-0.2, 0) is 0 Å². The van der Waals surface area contributed by atoms with E-state index in [0.717, 1.165) is 16.7 Å². The van der Waals surface area contributed by atoms with Gasteiger partial charge in [0.25, 0.3) is 0 Å². The molecule has 0 saturated carbocycles. The van der Waals surface area contributed by atoms with Crippen LogP contribution in [0.15, 0.2) is 54.1 Å². The summed E-state index contributed by atoms with van der Waals surface area (Å²) in [5.41, 5.74) is 0.922. The van der Waals surface area contributed by atoms with Crippen molar-refractivity contribution in [3.8, 4) is 5.75 Å². The van der Waals surface area contributed by atoms with Gasteiger partial charge in [-0.05, 0) is 30.0 Å². The lowest BCUT2D eigenvalue weighted by Crippen LogP contribution is -1.96. The SMILES string of the molecule is CC(=CCOc1cccc2ccccc12)CO. The van der Waals surface area contributed by atoms with Crippen LogP contribution in [0.1, 0.15) is 6.92 Å². The first-order valence-electron chi connectivity index (χ1n) is 5.68. The van der Waals surface area contributed by atoms with Gasteiger partial charge < -0.3 is 9.84 Å². The Balaban J connectivity index is 2.19. The lowest BCUT2D eigenvalue weighted by atomic mass is 10.1. The topological polar surface area (TPSA) is 29.5 Å². The highest BCUT2D eigenvalue weighted by Crippen LogP contribution is 2.24. The fraction of sp³-hybridized carbons (Fsp3) is 0.200. The molecule has 0 bridgehead atoms. The largest absolute Gasteiger partial charge is 0.489 e. The zero-order valence-corrected chi connectivity index (χ0v) is 9.89. The van der Waals surface area contributed by atoms with Gasteiger partial charge in [0.05, 0.1) is 6.61 Å². The van der Waals surface area contributed by atoms with Gasteiger partial charge in [0, 0.05) is 5.39 Å². The number of hydrogen-bond donors (Lipinski definition) is 1. The van der Waals surface area contributed by atoms with Crippen molar-refractivity contribution in [3.63, 3.8) is 0 Å². The van der Waals surface area contributed by atoms with Crippen LogP contribution in [0.25, 0.3) is 10.8 Å². The lowest BCUT2D eigenvalue weighted by molar-refractivity contribution is 0.325. The van der Waals surface area contributed by atoms with Crippen LogP contribution < -0.4 is 4.74 Å². The van der Waals surface area contributed by atoms with Crippen LogP contribution in [-0.4, -0.2) is 18.3 Å². The van der Waals surface area contributed by atoms with E-state index in [0.29, 0.717) is 6.61 Å². The molecule has 0 amide bonds. The quantitative estimate of drug-likeness (QED) is 0.814. The van der Waals surface area contributed by atoms with Gasteiger partial charge in [-0.25, -0.2) is 0 Å². The predicted octanol–water partition coefficient (Wildman–Crippen LogP) is 3.16. The zero-order chi connectivity index (χ0) is 12.1. The maximum atomic E-state index is 8.88. The maximum Gasteiger partial charge on any atom is 0.127 e. The monoisotopic (exact) mass is 228 g/mol. The Hall–Kier alpha value is -1.80. The Morgan fingerprint density at radius 3 is 2.76 bits per heavy atom. The molecule has 0 fully saturated rings. The second-order valence-corrected chi connectivity index (χ2v) is 4.00. The molecule has 0 spiro atoms. The molecule has 0 aliphatic heterocycles. The first kappa shape index (κ1) is 11.7. The third-order valence-electron chi connectivity index (χ3n) is 2.67. The standard InChI is InChI=1S/C15H16O2/c1-12(11-16)9-10-17-15-8-4-6-13-5-2-3-7-14(13)15/h2-9,16H,10-11H2,1H3. The summed E-state index contributed by atoms with van der Waals surface area (Å²) in [6.45, 7) is 2.45. The van der Waals surface area contributed by atoms with Gasteiger partial charge in [-0.1, -0.05) is 36.4 Å². The molecule has 0 aliphatic carbocycles. The van der Waals surface area contributed by atoms with E-state index >= 15 is 0 Å². The number of aliphatic hydroxyl groups excluding tert-OH is 1. The van der Waals surface area contributed by atoms with Crippen molar-refractivity contribution in [2.45, 2.75) is 6.92 Å². The zero-order valence-electron chi connectivity index (χ0n) is 9.89. The van der Waals surface area contributed by atoms with Gasteiger partial charge in [0.1, 0.15) is 12.4 Å². The number of fused-ring (bicyclic) bond motifs is 1. The van der Waals surface area contributed by atoms with Crippen LogP contribution in [0.4, 0.5) is 0 Å². The normalized spacial score (nSPS) is 11.8. The molecule has 2 heteroatoms. The second kappa shape index (κ2) is 5.51. The molecule has 0 radical (unpaired) electrons. The van der Waals surface area contributed by atoms with Crippen molar-refractivity contribution in [1.29, 1.82) is 0 Å². The van der Waals surface area contributed by atoms with Crippen molar-refractivity contribution in [3.05, 3.63) is 54.1 Å². The molecule has 0 atom stereocenters. The summed E-state index contributed by atoms with van der Waals surface area (Å²) >= 11 is 0. The number of ether oxygens (including phenoxy) is 1. The van der Waals surface area contributed by atoms with Crippen molar-refractivity contribution >= 4 is 10.8 Å². The minimum Gasteiger partial charge on any atom is -0.489 e. The number of aliphatic hydroxyl groups is 1. The van der Waals surface area contributed by atoms with Gasteiger partial charge in [0.2, 0.25) is 0 Å². The van der Waals surface area contributed by atoms with Gasteiger partial charge in [-0.15, -0.1) is 0 Å². The van der Waals surface area contributed by atoms with Crippen molar-refractivity contribution in [2.24, 2.45) is 0 Å². The summed E-state index contributed by atoms with van der Waals surface area (Å²) in [5, 5.41) is 11.2. The molecule has 1 N–H and O–H groups in total. The van der Waals surface area contributed by atoms with E-state index in [1.54, 1.807) is 0 Å². The number of hydrogen-bond acceptors (Lipinski definition) is 2. The Bertz CT molecular complexity index is 524. The van der Waals surface area contributed by atoms with Crippen LogP contribution in [0.5, 0.6) is 5.75 Å². The molecular weight excluding hydrogens is 212 g/mol. The molecule has 0 unspecified atom stereocenters. The molecule has 2 nitrogen and oxygen atoms in total. The van der Waals surface area contributed by atoms with Gasteiger partial charge in [-0.2, -0.15) is 0 Å². The van der Waals surface area contributed by atoms with Gasteiger partial charge in [-0.3, -0.25) is 0 Å². The predicted molar refractivity (Wildman–Crippen MR) is 70.3 cm³/mol. The molecule has 2 aromatic rings. The summed E-state index contributed by atoms with van der Waals surface area (Å²) in [4.78, 5) is 0. The second-order valence-electron chi connectivity index (χ2n) is 4.00. The van der Waals surface area contributed by atoms with Gasteiger partial charge in [0.15, 0.2) is 0 Å². The van der Waals surface area contributed by atoms with E-state index < -0.39 is 0 Å². The highest BCUT2D eigenvalue weighted by Gasteiger charge is 1.99. The molecule has 0 saturated heterocycles. The van der Waals surface area contributed by atoms with Gasteiger partial charge >= 0.3 is 0 Å². The summed E-state index contributed by atoms with van der Waals surface area (Å²) in [7, 11) is 0. The fourth-order valence-corrected chi connectivity index (χ4v) is 1.66. The molecule has 17 heavy (non-hydrogen) atoms. The highest BCUT2D eigenvalue weighted by molar-refractivity contribution is 5.88. The van der Waals surface area contributed by atoms with E-state index in [-0.39, 0.29) is 6.61 Å². The summed E-state index contributed by atoms with van der Waals surface area (Å²) in [6, 6.07) is 14.2. The van der Waals surface area contributed by atoms with Crippen LogP contribution in [0, 0.1) is 0 Å². The van der Waals surface area contributed by atoms with E-state index in [2.05, 4.69) is 12.1 Å². The van der Waals surface area contributed by atoms with E-state index in [9.17, 15) is 0 Å². The first-order chi connectivity index (χ1) is 8.31. The highest BCUT2D eigenvalue weighted by atomic mass is 16.5. The van der Waals surface area contributed by atoms with Crippen molar-refractivity contribution in [2.75, 3.05) is 13.2 Å². The average Bonchev–Trinajstić information content (AvgIpc) is 2.39. The molecule has 2 aromatic carbocycles. The summed E-state index contributed by atoms with van der Waals surface area (Å²) in [6.07, 6.45) is 1.89. The summed E-state index contributed by atoms with van der Waals surface area (Å²) < 4.78 is 5.70. The van der Waals surface area contributed by atoms with Crippen molar-refractivity contribution < 1.29 is 9.84 Å². The molecule has 0 aromatic heterocycles. The Morgan fingerprint density at radius 1 is 1.18 bits per heavy atom. The minimum absolute atomic E-state index is 0.0822. The molecule has 0 aliphatic rings. The van der Waals surface area contributed by atoms with E-state index in [4.69, 9.17) is 9.84 Å². The van der Waals surface area contributed by atoms with Crippen LogP contribution >= 0.6 is 0 Å². The lowest BCUT2D eigenvalue weighted by Gasteiger charge is -2.07. The molecular formula is C15H16O2. The number of rotatable bonds is 4. The summed E-state index contributed by atoms with van der Waals surface area (Å²) in [5.74, 6) is 0.880. The minimum atomic E-state index is 0.0822. The average molecular weight is 228 g/mol. The molecule has 2 rings (SSSR count).